The molecule has 0 spiro atoms. The summed E-state index contributed by atoms with van der Waals surface area (Å²) in [4.78, 5) is 23.9. The standard InChI is InChI=1S/C23H24FN3O3/c24-19-14-9-8-13-18(19)23-27-26-21(30-23)16-25-22(29)20(28)15-7-2-1-4-10-17-11-5-3-6-12-17/h3,5-6,8-9,11-14H,1-2,4,7,10,15-16H2,(H,25,29). The number of nitrogens with zero attached hydrogens (tertiary/aromatic N) is 2. The molecule has 0 saturated heterocycles. The van der Waals surface area contributed by atoms with Crippen molar-refractivity contribution in [1.29, 1.82) is 0 Å². The van der Waals surface area contributed by atoms with Crippen molar-refractivity contribution in [3.8, 4) is 11.5 Å². The summed E-state index contributed by atoms with van der Waals surface area (Å²) in [5.74, 6) is -1.48. The van der Waals surface area contributed by atoms with Gasteiger partial charge in [-0.05, 0) is 37.0 Å². The second kappa shape index (κ2) is 11.0. The first kappa shape index (κ1) is 21.4. The molecule has 3 aromatic rings. The molecule has 1 N–H and O–H groups in total. The molecule has 0 aliphatic rings. The SMILES string of the molecule is O=C(CCCCCCc1ccccc1)C(=O)NCc1nnc(-c2ccccc2F)o1. The highest BCUT2D eigenvalue weighted by molar-refractivity contribution is 6.36. The highest BCUT2D eigenvalue weighted by Crippen LogP contribution is 2.20. The number of nitrogens with one attached hydrogen (secondary N) is 1. The molecule has 0 bridgehead atoms. The maximum Gasteiger partial charge on any atom is 0.287 e. The molecule has 3 rings (SSSR count). The summed E-state index contributed by atoms with van der Waals surface area (Å²) in [6.07, 6.45) is 4.90. The molecule has 0 aliphatic carbocycles. The second-order valence-electron chi connectivity index (χ2n) is 6.99. The van der Waals surface area contributed by atoms with E-state index in [-0.39, 0.29) is 30.3 Å². The Morgan fingerprint density at radius 1 is 0.900 bits per heavy atom. The summed E-state index contributed by atoms with van der Waals surface area (Å²) in [5.41, 5.74) is 1.50. The van der Waals surface area contributed by atoms with Crippen molar-refractivity contribution in [2.24, 2.45) is 0 Å². The van der Waals surface area contributed by atoms with Crippen LogP contribution in [0.4, 0.5) is 4.39 Å². The third-order valence-electron chi connectivity index (χ3n) is 4.69. The number of carbonyl (C=O) groups excluding carboxylic acids is 2. The Kier molecular flexibility index (Phi) is 7.83. The fourth-order valence-corrected chi connectivity index (χ4v) is 3.05. The van der Waals surface area contributed by atoms with Crippen molar-refractivity contribution in [3.63, 3.8) is 0 Å². The van der Waals surface area contributed by atoms with Crippen LogP contribution in [0.15, 0.2) is 59.0 Å². The van der Waals surface area contributed by atoms with Gasteiger partial charge in [-0.15, -0.1) is 10.2 Å². The topological polar surface area (TPSA) is 85.1 Å². The quantitative estimate of drug-likeness (QED) is 0.378. The lowest BCUT2D eigenvalue weighted by Gasteiger charge is -2.03. The number of ketones is 1. The zero-order valence-corrected chi connectivity index (χ0v) is 16.6. The minimum atomic E-state index is -0.676. The van der Waals surface area contributed by atoms with Gasteiger partial charge < -0.3 is 9.73 Å². The molecule has 0 aliphatic heterocycles. The van der Waals surface area contributed by atoms with Gasteiger partial charge in [-0.25, -0.2) is 4.39 Å². The van der Waals surface area contributed by atoms with Gasteiger partial charge in [-0.1, -0.05) is 55.3 Å². The molecule has 0 atom stereocenters. The van der Waals surface area contributed by atoms with Gasteiger partial charge in [0, 0.05) is 6.42 Å². The summed E-state index contributed by atoms with van der Waals surface area (Å²) in [5, 5.41) is 10.0. The fourth-order valence-electron chi connectivity index (χ4n) is 3.05. The molecule has 0 saturated carbocycles. The van der Waals surface area contributed by atoms with Gasteiger partial charge in [0.25, 0.3) is 11.8 Å². The van der Waals surface area contributed by atoms with Crippen LogP contribution < -0.4 is 5.32 Å². The minimum Gasteiger partial charge on any atom is -0.419 e. The van der Waals surface area contributed by atoms with E-state index in [0.717, 1.165) is 25.7 Å². The lowest BCUT2D eigenvalue weighted by atomic mass is 10.0. The second-order valence-corrected chi connectivity index (χ2v) is 6.99. The van der Waals surface area contributed by atoms with E-state index >= 15 is 0 Å². The smallest absolute Gasteiger partial charge is 0.287 e. The molecule has 1 heterocycles. The zero-order valence-electron chi connectivity index (χ0n) is 16.6. The van der Waals surface area contributed by atoms with Crippen molar-refractivity contribution in [2.45, 2.75) is 45.1 Å². The number of carbonyl (C=O) groups is 2. The van der Waals surface area contributed by atoms with Gasteiger partial charge in [0.2, 0.25) is 11.7 Å². The maximum absolute atomic E-state index is 13.7. The molecule has 156 valence electrons. The summed E-state index contributed by atoms with van der Waals surface area (Å²) < 4.78 is 19.1. The number of aryl methyl sites for hydroxylation is 1. The zero-order chi connectivity index (χ0) is 21.2. The summed E-state index contributed by atoms with van der Waals surface area (Å²) in [6, 6.07) is 16.3. The highest BCUT2D eigenvalue weighted by atomic mass is 19.1. The molecule has 7 heteroatoms. The maximum atomic E-state index is 13.7. The Labute approximate surface area is 174 Å². The lowest BCUT2D eigenvalue weighted by molar-refractivity contribution is -0.138. The van der Waals surface area contributed by atoms with E-state index in [1.54, 1.807) is 12.1 Å². The third-order valence-corrected chi connectivity index (χ3v) is 4.69. The van der Waals surface area contributed by atoms with Gasteiger partial charge in [-0.2, -0.15) is 0 Å². The van der Waals surface area contributed by atoms with Crippen molar-refractivity contribution in [2.75, 3.05) is 0 Å². The number of hydrogen-bond donors (Lipinski definition) is 1. The Balaban J connectivity index is 1.33. The van der Waals surface area contributed by atoms with E-state index in [0.29, 0.717) is 6.42 Å². The predicted octanol–water partition coefficient (Wildman–Crippen LogP) is 4.25. The average molecular weight is 409 g/mol. The van der Waals surface area contributed by atoms with E-state index in [1.165, 1.54) is 17.7 Å². The van der Waals surface area contributed by atoms with Crippen LogP contribution >= 0.6 is 0 Å². The number of unbranched alkanes of at least 4 members (excludes halogenated alkanes) is 3. The Hall–Kier alpha value is -3.35. The highest BCUT2D eigenvalue weighted by Gasteiger charge is 2.16. The van der Waals surface area contributed by atoms with Crippen LogP contribution in [0.3, 0.4) is 0 Å². The van der Waals surface area contributed by atoms with Crippen molar-refractivity contribution in [1.82, 2.24) is 15.5 Å². The van der Waals surface area contributed by atoms with Crippen LogP contribution in [0.25, 0.3) is 11.5 Å². The van der Waals surface area contributed by atoms with Crippen LogP contribution in [-0.4, -0.2) is 21.9 Å². The van der Waals surface area contributed by atoms with Crippen LogP contribution in [0.1, 0.15) is 43.6 Å². The average Bonchev–Trinajstić information content (AvgIpc) is 3.24. The molecular formula is C23H24FN3O3. The van der Waals surface area contributed by atoms with Crippen LogP contribution in [0.2, 0.25) is 0 Å². The summed E-state index contributed by atoms with van der Waals surface area (Å²) >= 11 is 0. The Morgan fingerprint density at radius 2 is 1.63 bits per heavy atom. The number of rotatable bonds is 11. The fraction of sp³-hybridized carbons (Fsp3) is 0.304. The van der Waals surface area contributed by atoms with E-state index < -0.39 is 17.5 Å². The van der Waals surface area contributed by atoms with Gasteiger partial charge in [0.15, 0.2) is 0 Å². The Morgan fingerprint density at radius 3 is 2.43 bits per heavy atom. The largest absolute Gasteiger partial charge is 0.419 e. The van der Waals surface area contributed by atoms with Crippen molar-refractivity contribution >= 4 is 11.7 Å². The van der Waals surface area contributed by atoms with Crippen molar-refractivity contribution in [3.05, 3.63) is 71.9 Å². The molecule has 6 nitrogen and oxygen atoms in total. The predicted molar refractivity (Wildman–Crippen MR) is 110 cm³/mol. The molecule has 0 fully saturated rings. The molecule has 0 unspecified atom stereocenters. The van der Waals surface area contributed by atoms with Crippen LogP contribution in [0.5, 0.6) is 0 Å². The number of Topliss-reactive ketones (excluding diaryl/α,β-unsaturated/α-hetero) is 1. The monoisotopic (exact) mass is 409 g/mol. The number of halogens is 1. The van der Waals surface area contributed by atoms with Crippen LogP contribution in [0, 0.1) is 5.82 Å². The van der Waals surface area contributed by atoms with Gasteiger partial charge in [0.05, 0.1) is 12.1 Å². The van der Waals surface area contributed by atoms with Crippen LogP contribution in [-0.2, 0) is 22.6 Å². The van der Waals surface area contributed by atoms with Gasteiger partial charge >= 0.3 is 0 Å². The molecule has 1 aromatic heterocycles. The first-order chi connectivity index (χ1) is 14.6. The first-order valence-electron chi connectivity index (χ1n) is 10.1. The number of aromatic nitrogens is 2. The molecule has 0 radical (unpaired) electrons. The lowest BCUT2D eigenvalue weighted by Crippen LogP contribution is -2.30. The summed E-state index contributed by atoms with van der Waals surface area (Å²) in [7, 11) is 0. The Bertz CT molecular complexity index is 973. The van der Waals surface area contributed by atoms with E-state index in [1.807, 2.05) is 18.2 Å². The van der Waals surface area contributed by atoms with E-state index in [9.17, 15) is 14.0 Å². The van der Waals surface area contributed by atoms with Gasteiger partial charge in [-0.3, -0.25) is 9.59 Å². The molecule has 2 aromatic carbocycles. The van der Waals surface area contributed by atoms with Crippen molar-refractivity contribution < 1.29 is 18.4 Å². The third kappa shape index (κ3) is 6.34. The molecular weight excluding hydrogens is 385 g/mol. The molecule has 1 amide bonds. The van der Waals surface area contributed by atoms with Gasteiger partial charge in [0.1, 0.15) is 5.82 Å². The first-order valence-corrected chi connectivity index (χ1v) is 10.1. The molecule has 30 heavy (non-hydrogen) atoms. The number of hydrogen-bond acceptors (Lipinski definition) is 5. The number of benzene rings is 2. The van der Waals surface area contributed by atoms with E-state index in [2.05, 4.69) is 27.6 Å². The minimum absolute atomic E-state index is 0.0270. The van der Waals surface area contributed by atoms with E-state index in [4.69, 9.17) is 4.42 Å². The summed E-state index contributed by atoms with van der Waals surface area (Å²) in [6.45, 7) is -0.0803. The normalized spacial score (nSPS) is 10.7. The number of amides is 1.